The van der Waals surface area contributed by atoms with Crippen molar-refractivity contribution in [2.45, 2.75) is 25.9 Å². The fourth-order valence-electron chi connectivity index (χ4n) is 1.94. The van der Waals surface area contributed by atoms with Gasteiger partial charge in [-0.05, 0) is 31.5 Å². The number of carbonyl (C=O) groups excluding carboxylic acids is 1. The summed E-state index contributed by atoms with van der Waals surface area (Å²) >= 11 is 5.83. The standard InChI is InChI=1S/C12H14ClNO2/c1-8(2)14-11(7-16-12(14)15)9-3-5-10(13)6-4-9/h3-6,8,11H,7H2,1-2H3. The van der Waals surface area contributed by atoms with Crippen molar-refractivity contribution in [3.05, 3.63) is 34.9 Å². The zero-order chi connectivity index (χ0) is 11.7. The van der Waals surface area contributed by atoms with Crippen LogP contribution in [-0.2, 0) is 4.74 Å². The molecule has 1 aromatic carbocycles. The number of nitrogens with zero attached hydrogens (tertiary/aromatic N) is 1. The van der Waals surface area contributed by atoms with E-state index in [1.54, 1.807) is 4.90 Å². The van der Waals surface area contributed by atoms with Gasteiger partial charge in [0.05, 0.1) is 6.04 Å². The van der Waals surface area contributed by atoms with Crippen LogP contribution < -0.4 is 0 Å². The highest BCUT2D eigenvalue weighted by Crippen LogP contribution is 2.30. The van der Waals surface area contributed by atoms with Crippen LogP contribution in [0, 0.1) is 0 Å². The molecular formula is C12H14ClNO2. The Balaban J connectivity index is 2.26. The summed E-state index contributed by atoms with van der Waals surface area (Å²) in [6, 6.07) is 7.67. The van der Waals surface area contributed by atoms with E-state index in [2.05, 4.69) is 0 Å². The Morgan fingerprint density at radius 2 is 2.00 bits per heavy atom. The first-order valence-electron chi connectivity index (χ1n) is 5.30. The first-order chi connectivity index (χ1) is 7.59. The van der Waals surface area contributed by atoms with Gasteiger partial charge in [0.25, 0.3) is 0 Å². The maximum absolute atomic E-state index is 11.5. The van der Waals surface area contributed by atoms with Crippen molar-refractivity contribution >= 4 is 17.7 Å². The smallest absolute Gasteiger partial charge is 0.410 e. The molecule has 1 aliphatic heterocycles. The average Bonchev–Trinajstić information content (AvgIpc) is 2.61. The van der Waals surface area contributed by atoms with E-state index in [1.807, 2.05) is 38.1 Å². The van der Waals surface area contributed by atoms with Crippen molar-refractivity contribution in [1.82, 2.24) is 4.90 Å². The van der Waals surface area contributed by atoms with E-state index in [4.69, 9.17) is 16.3 Å². The summed E-state index contributed by atoms with van der Waals surface area (Å²) in [5, 5.41) is 0.699. The Bertz CT molecular complexity index is 389. The second-order valence-electron chi connectivity index (χ2n) is 4.15. The highest BCUT2D eigenvalue weighted by atomic mass is 35.5. The molecule has 2 rings (SSSR count). The molecular weight excluding hydrogens is 226 g/mol. The number of hydrogen-bond acceptors (Lipinski definition) is 2. The number of halogens is 1. The normalized spacial score (nSPS) is 20.4. The first-order valence-corrected chi connectivity index (χ1v) is 5.68. The van der Waals surface area contributed by atoms with Crippen molar-refractivity contribution < 1.29 is 9.53 Å². The van der Waals surface area contributed by atoms with E-state index in [0.29, 0.717) is 11.6 Å². The zero-order valence-electron chi connectivity index (χ0n) is 9.31. The van der Waals surface area contributed by atoms with Crippen molar-refractivity contribution in [2.75, 3.05) is 6.61 Å². The summed E-state index contributed by atoms with van der Waals surface area (Å²) in [7, 11) is 0. The minimum Gasteiger partial charge on any atom is -0.447 e. The fraction of sp³-hybridized carbons (Fsp3) is 0.417. The van der Waals surface area contributed by atoms with Crippen LogP contribution in [0.15, 0.2) is 24.3 Å². The van der Waals surface area contributed by atoms with Gasteiger partial charge in [0.1, 0.15) is 6.61 Å². The lowest BCUT2D eigenvalue weighted by molar-refractivity contribution is 0.149. The van der Waals surface area contributed by atoms with Crippen LogP contribution in [0.5, 0.6) is 0 Å². The molecule has 0 saturated carbocycles. The highest BCUT2D eigenvalue weighted by Gasteiger charge is 2.35. The van der Waals surface area contributed by atoms with Crippen molar-refractivity contribution in [2.24, 2.45) is 0 Å². The minimum absolute atomic E-state index is 0.00441. The van der Waals surface area contributed by atoms with Gasteiger partial charge >= 0.3 is 6.09 Å². The molecule has 0 N–H and O–H groups in total. The lowest BCUT2D eigenvalue weighted by Gasteiger charge is -2.25. The van der Waals surface area contributed by atoms with Gasteiger partial charge < -0.3 is 4.74 Å². The van der Waals surface area contributed by atoms with Crippen LogP contribution in [0.1, 0.15) is 25.5 Å². The lowest BCUT2D eigenvalue weighted by atomic mass is 10.1. The molecule has 3 nitrogen and oxygen atoms in total. The molecule has 0 aromatic heterocycles. The predicted octanol–water partition coefficient (Wildman–Crippen LogP) is 3.24. The van der Waals surface area contributed by atoms with E-state index >= 15 is 0 Å². The maximum Gasteiger partial charge on any atom is 0.410 e. The van der Waals surface area contributed by atoms with Crippen molar-refractivity contribution in [1.29, 1.82) is 0 Å². The monoisotopic (exact) mass is 239 g/mol. The summed E-state index contributed by atoms with van der Waals surface area (Å²) in [6.07, 6.45) is -0.241. The van der Waals surface area contributed by atoms with Gasteiger partial charge in [-0.2, -0.15) is 0 Å². The second-order valence-corrected chi connectivity index (χ2v) is 4.58. The van der Waals surface area contributed by atoms with Crippen LogP contribution in [0.25, 0.3) is 0 Å². The molecule has 1 amide bonds. The quantitative estimate of drug-likeness (QED) is 0.793. The van der Waals surface area contributed by atoms with E-state index in [0.717, 1.165) is 5.56 Å². The van der Waals surface area contributed by atoms with Crippen molar-refractivity contribution in [3.8, 4) is 0 Å². The van der Waals surface area contributed by atoms with Gasteiger partial charge in [0.15, 0.2) is 0 Å². The third-order valence-electron chi connectivity index (χ3n) is 2.72. The maximum atomic E-state index is 11.5. The third kappa shape index (κ3) is 2.00. The molecule has 1 unspecified atom stereocenters. The van der Waals surface area contributed by atoms with Crippen LogP contribution in [0.3, 0.4) is 0 Å². The Morgan fingerprint density at radius 3 is 2.56 bits per heavy atom. The summed E-state index contributed by atoms with van der Waals surface area (Å²) in [5.41, 5.74) is 1.06. The third-order valence-corrected chi connectivity index (χ3v) is 2.97. The van der Waals surface area contributed by atoms with Crippen LogP contribution in [0.4, 0.5) is 4.79 Å². The summed E-state index contributed by atoms with van der Waals surface area (Å²) in [4.78, 5) is 13.3. The molecule has 86 valence electrons. The average molecular weight is 240 g/mol. The Kier molecular flexibility index (Phi) is 3.06. The van der Waals surface area contributed by atoms with Gasteiger partial charge in [0, 0.05) is 11.1 Å². The van der Waals surface area contributed by atoms with Gasteiger partial charge in [-0.1, -0.05) is 23.7 Å². The topological polar surface area (TPSA) is 29.5 Å². The van der Waals surface area contributed by atoms with Crippen LogP contribution in [-0.4, -0.2) is 23.6 Å². The van der Waals surface area contributed by atoms with Gasteiger partial charge in [0.2, 0.25) is 0 Å². The number of rotatable bonds is 2. The minimum atomic E-state index is -0.241. The summed E-state index contributed by atoms with van der Waals surface area (Å²) in [5.74, 6) is 0. The Hall–Kier alpha value is -1.22. The van der Waals surface area contributed by atoms with E-state index < -0.39 is 0 Å². The second kappa shape index (κ2) is 4.34. The predicted molar refractivity (Wildman–Crippen MR) is 62.5 cm³/mol. The first kappa shape index (κ1) is 11.3. The molecule has 16 heavy (non-hydrogen) atoms. The van der Waals surface area contributed by atoms with Crippen molar-refractivity contribution in [3.63, 3.8) is 0 Å². The molecule has 0 radical (unpaired) electrons. The van der Waals surface area contributed by atoms with Gasteiger partial charge in [-0.15, -0.1) is 0 Å². The van der Waals surface area contributed by atoms with Gasteiger partial charge in [-0.25, -0.2) is 4.79 Å². The van der Waals surface area contributed by atoms with Crippen LogP contribution >= 0.6 is 11.6 Å². The van der Waals surface area contributed by atoms with E-state index in [9.17, 15) is 4.79 Å². The number of ether oxygens (including phenoxy) is 1. The molecule has 1 heterocycles. The lowest BCUT2D eigenvalue weighted by Crippen LogP contribution is -2.33. The van der Waals surface area contributed by atoms with E-state index in [-0.39, 0.29) is 18.2 Å². The zero-order valence-corrected chi connectivity index (χ0v) is 10.1. The largest absolute Gasteiger partial charge is 0.447 e. The number of cyclic esters (lactones) is 1. The molecule has 0 spiro atoms. The molecule has 1 saturated heterocycles. The molecule has 0 aliphatic carbocycles. The summed E-state index contributed by atoms with van der Waals surface area (Å²) < 4.78 is 5.08. The number of carbonyl (C=O) groups is 1. The fourth-order valence-corrected chi connectivity index (χ4v) is 2.07. The molecule has 1 aliphatic rings. The van der Waals surface area contributed by atoms with Gasteiger partial charge in [-0.3, -0.25) is 4.90 Å². The molecule has 4 heteroatoms. The van der Waals surface area contributed by atoms with Crippen LogP contribution in [0.2, 0.25) is 5.02 Å². The molecule has 1 aromatic rings. The SMILES string of the molecule is CC(C)N1C(=O)OCC1c1ccc(Cl)cc1. The van der Waals surface area contributed by atoms with E-state index in [1.165, 1.54) is 0 Å². The summed E-state index contributed by atoms with van der Waals surface area (Å²) in [6.45, 7) is 4.38. The molecule has 1 atom stereocenters. The number of benzene rings is 1. The number of hydrogen-bond donors (Lipinski definition) is 0. The highest BCUT2D eigenvalue weighted by molar-refractivity contribution is 6.30. The number of amides is 1. The Morgan fingerprint density at radius 1 is 1.38 bits per heavy atom. The Labute approximate surface area is 100.0 Å². The molecule has 0 bridgehead atoms. The molecule has 1 fully saturated rings.